The van der Waals surface area contributed by atoms with Gasteiger partial charge in [0.1, 0.15) is 17.1 Å². The van der Waals surface area contributed by atoms with Crippen LogP contribution in [-0.2, 0) is 0 Å². The van der Waals surface area contributed by atoms with Crippen LogP contribution in [0.4, 0.5) is 14.5 Å². The van der Waals surface area contributed by atoms with E-state index in [-0.39, 0.29) is 11.4 Å². The third-order valence-corrected chi connectivity index (χ3v) is 2.47. The van der Waals surface area contributed by atoms with Crippen LogP contribution in [0.3, 0.4) is 0 Å². The van der Waals surface area contributed by atoms with Gasteiger partial charge in [-0.2, -0.15) is 0 Å². The first kappa shape index (κ1) is 10.2. The molecular formula is C11H13F2NO. The molecule has 0 fully saturated rings. The van der Waals surface area contributed by atoms with Crippen molar-refractivity contribution in [2.24, 2.45) is 0 Å². The summed E-state index contributed by atoms with van der Waals surface area (Å²) in [5, 5.41) is 2.85. The summed E-state index contributed by atoms with van der Waals surface area (Å²) in [5.41, 5.74) is -0.354. The molecule has 1 heterocycles. The third kappa shape index (κ3) is 1.89. The Kier molecular flexibility index (Phi) is 2.29. The van der Waals surface area contributed by atoms with Crippen LogP contribution in [0, 0.1) is 11.6 Å². The molecule has 0 unspecified atom stereocenters. The van der Waals surface area contributed by atoms with E-state index < -0.39 is 17.2 Å². The van der Waals surface area contributed by atoms with Gasteiger partial charge in [0.2, 0.25) is 0 Å². The van der Waals surface area contributed by atoms with Gasteiger partial charge in [0.05, 0.1) is 0 Å². The number of anilines is 1. The number of nitrogens with one attached hydrogen (secondary N) is 1. The molecule has 2 rings (SSSR count). The summed E-state index contributed by atoms with van der Waals surface area (Å²) >= 11 is 0. The van der Waals surface area contributed by atoms with E-state index in [1.807, 2.05) is 13.8 Å². The fourth-order valence-electron chi connectivity index (χ4n) is 1.61. The summed E-state index contributed by atoms with van der Waals surface area (Å²) in [6, 6.07) is 2.18. The molecule has 4 heteroatoms. The molecule has 2 nitrogen and oxygen atoms in total. The predicted molar refractivity (Wildman–Crippen MR) is 54.2 cm³/mol. The number of hydrogen-bond donors (Lipinski definition) is 1. The zero-order valence-corrected chi connectivity index (χ0v) is 8.73. The van der Waals surface area contributed by atoms with Gasteiger partial charge in [0.15, 0.2) is 11.6 Å². The molecule has 1 aliphatic rings. The highest BCUT2D eigenvalue weighted by atomic mass is 19.1. The molecule has 0 amide bonds. The van der Waals surface area contributed by atoms with Crippen molar-refractivity contribution in [2.75, 3.05) is 11.9 Å². The SMILES string of the molecule is CC1(C)CCNc2c(F)ccc(F)c2O1. The summed E-state index contributed by atoms with van der Waals surface area (Å²) in [6.07, 6.45) is 0.695. The molecule has 1 aromatic rings. The lowest BCUT2D eigenvalue weighted by Crippen LogP contribution is -2.28. The van der Waals surface area contributed by atoms with Crippen LogP contribution in [0.15, 0.2) is 12.1 Å². The third-order valence-electron chi connectivity index (χ3n) is 2.47. The molecule has 1 N–H and O–H groups in total. The maximum Gasteiger partial charge on any atom is 0.181 e. The Hall–Kier alpha value is -1.32. The minimum atomic E-state index is -0.533. The molecule has 15 heavy (non-hydrogen) atoms. The van der Waals surface area contributed by atoms with Crippen molar-refractivity contribution in [3.8, 4) is 5.75 Å². The van der Waals surface area contributed by atoms with Gasteiger partial charge in [-0.05, 0) is 26.0 Å². The molecule has 82 valence electrons. The number of halogens is 2. The van der Waals surface area contributed by atoms with E-state index in [9.17, 15) is 8.78 Å². The van der Waals surface area contributed by atoms with Gasteiger partial charge in [0.25, 0.3) is 0 Å². The second-order valence-corrected chi connectivity index (χ2v) is 4.27. The van der Waals surface area contributed by atoms with Crippen LogP contribution in [0.25, 0.3) is 0 Å². The molecule has 0 atom stereocenters. The Morgan fingerprint density at radius 2 is 1.93 bits per heavy atom. The molecule has 0 aromatic heterocycles. The summed E-state index contributed by atoms with van der Waals surface area (Å²) in [6.45, 7) is 4.28. The topological polar surface area (TPSA) is 21.3 Å². The van der Waals surface area contributed by atoms with E-state index in [1.165, 1.54) is 0 Å². The van der Waals surface area contributed by atoms with Crippen LogP contribution >= 0.6 is 0 Å². The van der Waals surface area contributed by atoms with Crippen LogP contribution in [0.1, 0.15) is 20.3 Å². The average Bonchev–Trinajstić information content (AvgIpc) is 2.31. The summed E-state index contributed by atoms with van der Waals surface area (Å²) in [5.74, 6) is -1.03. The quantitative estimate of drug-likeness (QED) is 0.715. The molecule has 0 saturated heterocycles. The van der Waals surface area contributed by atoms with Crippen molar-refractivity contribution in [1.82, 2.24) is 0 Å². The van der Waals surface area contributed by atoms with Gasteiger partial charge >= 0.3 is 0 Å². The van der Waals surface area contributed by atoms with E-state index >= 15 is 0 Å². The first-order valence-electron chi connectivity index (χ1n) is 4.90. The smallest absolute Gasteiger partial charge is 0.181 e. The molecule has 0 aliphatic carbocycles. The van der Waals surface area contributed by atoms with Gasteiger partial charge in [0, 0.05) is 13.0 Å². The Bertz CT molecular complexity index is 390. The van der Waals surface area contributed by atoms with E-state index in [0.29, 0.717) is 13.0 Å². The van der Waals surface area contributed by atoms with E-state index in [1.54, 1.807) is 0 Å². The minimum absolute atomic E-state index is 0.0162. The summed E-state index contributed by atoms with van der Waals surface area (Å²) in [7, 11) is 0. The zero-order chi connectivity index (χ0) is 11.1. The molecule has 1 aliphatic heterocycles. The van der Waals surface area contributed by atoms with E-state index in [4.69, 9.17) is 4.74 Å². The summed E-state index contributed by atoms with van der Waals surface area (Å²) < 4.78 is 32.3. The molecule has 0 bridgehead atoms. The van der Waals surface area contributed by atoms with Crippen molar-refractivity contribution in [3.05, 3.63) is 23.8 Å². The van der Waals surface area contributed by atoms with Gasteiger partial charge < -0.3 is 10.1 Å². The normalized spacial score (nSPS) is 18.4. The molecular weight excluding hydrogens is 200 g/mol. The van der Waals surface area contributed by atoms with Crippen LogP contribution in [-0.4, -0.2) is 12.1 Å². The number of rotatable bonds is 0. The van der Waals surface area contributed by atoms with Crippen LogP contribution in [0.5, 0.6) is 5.75 Å². The lowest BCUT2D eigenvalue weighted by atomic mass is 10.1. The molecule has 0 spiro atoms. The maximum atomic E-state index is 13.4. The van der Waals surface area contributed by atoms with Gasteiger partial charge in [-0.1, -0.05) is 0 Å². The predicted octanol–water partition coefficient (Wildman–Crippen LogP) is 2.94. The Morgan fingerprint density at radius 1 is 1.27 bits per heavy atom. The summed E-state index contributed by atoms with van der Waals surface area (Å²) in [4.78, 5) is 0. The van der Waals surface area contributed by atoms with E-state index in [2.05, 4.69) is 5.32 Å². The largest absolute Gasteiger partial charge is 0.482 e. The number of fused-ring (bicyclic) bond motifs is 1. The fourth-order valence-corrected chi connectivity index (χ4v) is 1.61. The van der Waals surface area contributed by atoms with Crippen molar-refractivity contribution in [2.45, 2.75) is 25.9 Å². The second kappa shape index (κ2) is 3.36. The fraction of sp³-hybridized carbons (Fsp3) is 0.455. The first-order chi connectivity index (χ1) is 6.99. The monoisotopic (exact) mass is 213 g/mol. The Balaban J connectivity index is 2.51. The van der Waals surface area contributed by atoms with Crippen LogP contribution in [0.2, 0.25) is 0 Å². The zero-order valence-electron chi connectivity index (χ0n) is 8.73. The Labute approximate surface area is 87.2 Å². The van der Waals surface area contributed by atoms with Gasteiger partial charge in [-0.15, -0.1) is 0 Å². The molecule has 0 saturated carbocycles. The first-order valence-corrected chi connectivity index (χ1v) is 4.90. The van der Waals surface area contributed by atoms with Crippen molar-refractivity contribution in [3.63, 3.8) is 0 Å². The van der Waals surface area contributed by atoms with Crippen molar-refractivity contribution in [1.29, 1.82) is 0 Å². The lowest BCUT2D eigenvalue weighted by Gasteiger charge is -2.24. The molecule has 1 aromatic carbocycles. The highest BCUT2D eigenvalue weighted by Crippen LogP contribution is 2.36. The minimum Gasteiger partial charge on any atom is -0.482 e. The second-order valence-electron chi connectivity index (χ2n) is 4.27. The highest BCUT2D eigenvalue weighted by Gasteiger charge is 2.28. The number of hydrogen-bond acceptors (Lipinski definition) is 2. The van der Waals surface area contributed by atoms with Crippen LogP contribution < -0.4 is 10.1 Å². The lowest BCUT2D eigenvalue weighted by molar-refractivity contribution is 0.103. The highest BCUT2D eigenvalue weighted by molar-refractivity contribution is 5.59. The van der Waals surface area contributed by atoms with Crippen molar-refractivity contribution < 1.29 is 13.5 Å². The maximum absolute atomic E-state index is 13.4. The van der Waals surface area contributed by atoms with E-state index in [0.717, 1.165) is 12.1 Å². The van der Waals surface area contributed by atoms with Gasteiger partial charge in [-0.25, -0.2) is 8.78 Å². The number of ether oxygens (including phenoxy) is 1. The average molecular weight is 213 g/mol. The van der Waals surface area contributed by atoms with Gasteiger partial charge in [-0.3, -0.25) is 0 Å². The van der Waals surface area contributed by atoms with Crippen molar-refractivity contribution >= 4 is 5.69 Å². The number of benzene rings is 1. The standard InChI is InChI=1S/C11H13F2NO/c1-11(2)5-6-14-9-7(12)3-4-8(13)10(9)15-11/h3-4,14H,5-6H2,1-2H3. The molecule has 0 radical (unpaired) electrons. The Morgan fingerprint density at radius 3 is 2.67 bits per heavy atom.